The zero-order valence-electron chi connectivity index (χ0n) is 23.1. The number of sulfonamides is 1. The summed E-state index contributed by atoms with van der Waals surface area (Å²) in [6.45, 7) is 3.37. The number of nitrogens with one attached hydrogen (secondary N) is 1. The van der Waals surface area contributed by atoms with Crippen molar-refractivity contribution >= 4 is 27.4 Å². The summed E-state index contributed by atoms with van der Waals surface area (Å²) in [5, 5.41) is 4.19. The third-order valence-electron chi connectivity index (χ3n) is 8.66. The van der Waals surface area contributed by atoms with E-state index in [0.717, 1.165) is 49.2 Å². The number of nitrogens with zero attached hydrogens (tertiary/aromatic N) is 3. The summed E-state index contributed by atoms with van der Waals surface area (Å²) in [5.74, 6) is 0.425. The van der Waals surface area contributed by atoms with Gasteiger partial charge in [-0.1, -0.05) is 11.2 Å². The molecule has 11 nitrogen and oxygen atoms in total. The molecule has 0 bridgehead atoms. The second-order valence-corrected chi connectivity index (χ2v) is 12.8. The third-order valence-corrected chi connectivity index (χ3v) is 10.1. The summed E-state index contributed by atoms with van der Waals surface area (Å²) in [6, 6.07) is 9.34. The number of fused-ring (bicyclic) bond motifs is 4. The van der Waals surface area contributed by atoms with Gasteiger partial charge in [0.1, 0.15) is 18.2 Å². The van der Waals surface area contributed by atoms with E-state index in [-0.39, 0.29) is 45.8 Å². The second kappa shape index (κ2) is 9.66. The van der Waals surface area contributed by atoms with Gasteiger partial charge in [0, 0.05) is 47.4 Å². The zero-order chi connectivity index (χ0) is 28.4. The first kappa shape index (κ1) is 26.1. The Bertz CT molecular complexity index is 1610. The maximum Gasteiger partial charge on any atom is 0.270 e. The molecule has 216 valence electrons. The smallest absolute Gasteiger partial charge is 0.270 e. The molecule has 2 aliphatic carbocycles. The van der Waals surface area contributed by atoms with E-state index in [4.69, 9.17) is 18.7 Å². The first-order chi connectivity index (χ1) is 19.8. The summed E-state index contributed by atoms with van der Waals surface area (Å²) in [6.07, 6.45) is 4.59. The van der Waals surface area contributed by atoms with Crippen molar-refractivity contribution in [3.8, 4) is 22.8 Å². The van der Waals surface area contributed by atoms with E-state index in [1.165, 1.54) is 38.3 Å². The number of methoxy groups -OCH3 is 2. The van der Waals surface area contributed by atoms with Crippen molar-refractivity contribution in [1.82, 2.24) is 10.1 Å². The van der Waals surface area contributed by atoms with E-state index in [0.29, 0.717) is 25.3 Å². The van der Waals surface area contributed by atoms with E-state index in [2.05, 4.69) is 33.0 Å². The third kappa shape index (κ3) is 4.31. The van der Waals surface area contributed by atoms with Gasteiger partial charge in [-0.3, -0.25) is 9.52 Å². The number of benzene rings is 2. The lowest BCUT2D eigenvalue weighted by Crippen LogP contribution is -2.38. The molecule has 3 heterocycles. The molecule has 3 aromatic rings. The maximum atomic E-state index is 13.9. The number of hydrogen-bond donors (Lipinski definition) is 1. The van der Waals surface area contributed by atoms with Crippen LogP contribution in [0.15, 0.2) is 39.8 Å². The summed E-state index contributed by atoms with van der Waals surface area (Å²) in [7, 11) is -1.55. The lowest BCUT2D eigenvalue weighted by atomic mass is 9.79. The van der Waals surface area contributed by atoms with Crippen LogP contribution in [0, 0.1) is 0 Å². The number of ether oxygens (including phenoxy) is 3. The van der Waals surface area contributed by atoms with Crippen LogP contribution in [0.2, 0.25) is 0 Å². The van der Waals surface area contributed by atoms with Gasteiger partial charge in [0.05, 0.1) is 20.8 Å². The first-order valence-corrected chi connectivity index (χ1v) is 15.4. The minimum Gasteiger partial charge on any atom is -0.495 e. The zero-order valence-corrected chi connectivity index (χ0v) is 23.9. The van der Waals surface area contributed by atoms with Crippen LogP contribution in [-0.4, -0.2) is 71.6 Å². The number of carbonyl (C=O) groups is 1. The predicted octanol–water partition coefficient (Wildman–Crippen LogP) is 3.78. The monoisotopic (exact) mass is 580 g/mol. The fraction of sp³-hybridized carbons (Fsp3) is 0.448. The lowest BCUT2D eigenvalue weighted by Gasteiger charge is -2.34. The molecule has 2 aliphatic heterocycles. The minimum absolute atomic E-state index is 0.0151. The number of hydrogen-bond acceptors (Lipinski definition) is 9. The number of aromatic nitrogens is 1. The Kier molecular flexibility index (Phi) is 6.16. The first-order valence-electron chi connectivity index (χ1n) is 13.9. The number of carbonyl (C=O) groups excluding carboxylic acids is 1. The average molecular weight is 581 g/mol. The van der Waals surface area contributed by atoms with Crippen LogP contribution in [0.5, 0.6) is 11.5 Å². The molecule has 0 radical (unpaired) electrons. The highest BCUT2D eigenvalue weighted by Gasteiger charge is 2.51. The second-order valence-electron chi connectivity index (χ2n) is 11.1. The van der Waals surface area contributed by atoms with E-state index in [9.17, 15) is 13.2 Å². The molecule has 1 N–H and O–H groups in total. The maximum absolute atomic E-state index is 13.9. The molecule has 0 atom stereocenters. The Morgan fingerprint density at radius 3 is 2.41 bits per heavy atom. The molecule has 2 aromatic carbocycles. The van der Waals surface area contributed by atoms with Crippen LogP contribution in [0.1, 0.15) is 47.2 Å². The molecule has 1 aromatic heterocycles. The van der Waals surface area contributed by atoms with Gasteiger partial charge in [-0.2, -0.15) is 0 Å². The molecule has 1 saturated carbocycles. The number of anilines is 2. The minimum atomic E-state index is -4.26. The van der Waals surface area contributed by atoms with E-state index in [1.807, 2.05) is 0 Å². The quantitative estimate of drug-likeness (QED) is 0.445. The summed E-state index contributed by atoms with van der Waals surface area (Å²) in [4.78, 5) is 16.8. The van der Waals surface area contributed by atoms with Gasteiger partial charge in [-0.25, -0.2) is 8.42 Å². The van der Waals surface area contributed by atoms with Crippen LogP contribution >= 0.6 is 0 Å². The van der Waals surface area contributed by atoms with Gasteiger partial charge >= 0.3 is 0 Å². The highest BCUT2D eigenvalue weighted by atomic mass is 32.2. The molecule has 0 unspecified atom stereocenters. The highest BCUT2D eigenvalue weighted by molar-refractivity contribution is 7.93. The molecule has 1 spiro atoms. The Balaban J connectivity index is 1.24. The van der Waals surface area contributed by atoms with Crippen molar-refractivity contribution in [2.75, 3.05) is 56.8 Å². The van der Waals surface area contributed by atoms with Crippen LogP contribution in [0.3, 0.4) is 0 Å². The van der Waals surface area contributed by atoms with Crippen molar-refractivity contribution in [2.24, 2.45) is 0 Å². The Hall–Kier alpha value is -3.77. The van der Waals surface area contributed by atoms with Crippen LogP contribution < -0.4 is 19.1 Å². The summed E-state index contributed by atoms with van der Waals surface area (Å²) < 4.78 is 52.5. The number of rotatable bonds is 7. The van der Waals surface area contributed by atoms with Crippen LogP contribution in [0.4, 0.5) is 11.5 Å². The molecule has 7 rings (SSSR count). The summed E-state index contributed by atoms with van der Waals surface area (Å²) in [5.41, 5.74) is 4.31. The Morgan fingerprint density at radius 1 is 1.05 bits per heavy atom. The number of amides is 1. The Morgan fingerprint density at radius 2 is 1.80 bits per heavy atom. The van der Waals surface area contributed by atoms with E-state index >= 15 is 0 Å². The predicted molar refractivity (Wildman–Crippen MR) is 150 cm³/mol. The van der Waals surface area contributed by atoms with Crippen molar-refractivity contribution in [1.29, 1.82) is 0 Å². The highest BCUT2D eigenvalue weighted by Crippen LogP contribution is 2.59. The average Bonchev–Trinajstić information content (AvgIpc) is 3.63. The molecule has 2 saturated heterocycles. The topological polar surface area (TPSA) is 123 Å². The van der Waals surface area contributed by atoms with Gasteiger partial charge in [-0.05, 0) is 61.9 Å². The molecular weight excluding hydrogens is 548 g/mol. The molecular formula is C29H32N4O7S. The molecule has 12 heteroatoms. The molecule has 4 aliphatic rings. The van der Waals surface area contributed by atoms with Gasteiger partial charge in [0.15, 0.2) is 16.5 Å². The van der Waals surface area contributed by atoms with E-state index < -0.39 is 10.0 Å². The van der Waals surface area contributed by atoms with Crippen molar-refractivity contribution in [3.05, 3.63) is 47.0 Å². The van der Waals surface area contributed by atoms with Crippen molar-refractivity contribution in [3.63, 3.8) is 0 Å². The molecule has 41 heavy (non-hydrogen) atoms. The van der Waals surface area contributed by atoms with E-state index in [1.54, 1.807) is 4.90 Å². The molecule has 1 amide bonds. The van der Waals surface area contributed by atoms with Crippen molar-refractivity contribution < 1.29 is 31.9 Å². The summed E-state index contributed by atoms with van der Waals surface area (Å²) >= 11 is 0. The van der Waals surface area contributed by atoms with Crippen LogP contribution in [-0.2, 0) is 26.6 Å². The van der Waals surface area contributed by atoms with Gasteiger partial charge in [-0.15, -0.1) is 0 Å². The van der Waals surface area contributed by atoms with Gasteiger partial charge < -0.3 is 28.5 Å². The lowest BCUT2D eigenvalue weighted by molar-refractivity contribution is -0.00575. The standard InChI is InChI=1S/C29H32N4O7S/c1-37-23-13-18(28(34)33-11-4-12-39-17-33)14-24(38-2)26(23)41(35,36)31-27-21-16-29(7-8-29)22-6-5-19(32-9-3-10-32)15-20(22)25(21)40-30-27/h5-6,13-15H,3-4,7-12,16-17H2,1-2H3,(H,30,31). The normalized spacial score (nSPS) is 18.8. The fourth-order valence-electron chi connectivity index (χ4n) is 6.14. The SMILES string of the molecule is COc1cc(C(=O)N2CCCOC2)cc(OC)c1S(=O)(=O)Nc1noc2c1CC1(CC1)c1ccc(N3CCC3)cc1-2. The molecule has 3 fully saturated rings. The largest absolute Gasteiger partial charge is 0.495 e. The van der Waals surface area contributed by atoms with Gasteiger partial charge in [0.25, 0.3) is 15.9 Å². The van der Waals surface area contributed by atoms with Gasteiger partial charge in [0.2, 0.25) is 0 Å². The fourth-order valence-corrected chi connectivity index (χ4v) is 7.47. The van der Waals surface area contributed by atoms with Crippen molar-refractivity contribution in [2.45, 2.75) is 42.4 Å². The Labute approximate surface area is 238 Å². The van der Waals surface area contributed by atoms with Crippen LogP contribution in [0.25, 0.3) is 11.3 Å².